The van der Waals surface area contributed by atoms with Gasteiger partial charge in [-0.15, -0.1) is 0 Å². The Hall–Kier alpha value is -2.41. The molecule has 0 N–H and O–H groups in total. The maximum absolute atomic E-state index is 14.5. The highest BCUT2D eigenvalue weighted by molar-refractivity contribution is 8.15. The molecule has 2 aromatic rings. The first kappa shape index (κ1) is 18.6. The Bertz CT molecular complexity index is 1010. The first-order valence-electron chi connectivity index (χ1n) is 9.88. The van der Waals surface area contributed by atoms with Crippen molar-refractivity contribution in [1.29, 1.82) is 0 Å². The molecule has 1 amide bonds. The molecule has 1 aliphatic carbocycles. The molecule has 1 spiro atoms. The van der Waals surface area contributed by atoms with Crippen LogP contribution in [0.3, 0.4) is 0 Å². The van der Waals surface area contributed by atoms with Crippen molar-refractivity contribution in [3.05, 3.63) is 65.2 Å². The van der Waals surface area contributed by atoms with Crippen LogP contribution >= 0.6 is 11.8 Å². The van der Waals surface area contributed by atoms with Gasteiger partial charge in [0.05, 0.1) is 6.61 Å². The molecule has 0 saturated heterocycles. The number of thioether (sulfide) groups is 1. The van der Waals surface area contributed by atoms with Gasteiger partial charge in [0, 0.05) is 23.5 Å². The molecule has 29 heavy (non-hydrogen) atoms. The van der Waals surface area contributed by atoms with Crippen LogP contribution in [0.15, 0.2) is 47.6 Å². The van der Waals surface area contributed by atoms with Gasteiger partial charge in [0.25, 0.3) is 0 Å². The fourth-order valence-corrected chi connectivity index (χ4v) is 5.80. The predicted molar refractivity (Wildman–Crippen MR) is 108 cm³/mol. The van der Waals surface area contributed by atoms with E-state index in [9.17, 15) is 13.6 Å². The molecule has 2 aromatic carbocycles. The highest BCUT2D eigenvalue weighted by Crippen LogP contribution is 2.55. The Morgan fingerprint density at radius 3 is 2.79 bits per heavy atom. The molecule has 2 heterocycles. The second kappa shape index (κ2) is 7.13. The topological polar surface area (TPSA) is 41.9 Å². The maximum Gasteiger partial charge on any atom is 0.247 e. The standard InChI is InChI=1S/C22H20F2N2O2S/c23-15-9-10-18(24)16(13-15)20-25-26(21(27)14-5-1-2-6-14)22(29-20)11-12-28-19-8-4-3-7-17(19)22/h3-4,7-10,13-14H,1-2,5-6,11-12H2. The van der Waals surface area contributed by atoms with Crippen molar-refractivity contribution >= 4 is 22.7 Å². The third-order valence-electron chi connectivity index (χ3n) is 5.88. The van der Waals surface area contributed by atoms with E-state index in [1.807, 2.05) is 24.3 Å². The number of carbonyl (C=O) groups is 1. The number of carbonyl (C=O) groups excluding carboxylic acids is 1. The van der Waals surface area contributed by atoms with E-state index in [0.29, 0.717) is 23.8 Å². The number of ether oxygens (including phenoxy) is 1. The number of halogens is 2. The van der Waals surface area contributed by atoms with Gasteiger partial charge in [-0.1, -0.05) is 42.8 Å². The van der Waals surface area contributed by atoms with Gasteiger partial charge in [-0.25, -0.2) is 13.8 Å². The SMILES string of the molecule is O=C(C1CCCC1)N1N=C(c2cc(F)ccc2F)SC12CCOc1ccccc12. The van der Waals surface area contributed by atoms with Crippen LogP contribution in [0.5, 0.6) is 5.75 Å². The number of amides is 1. The summed E-state index contributed by atoms with van der Waals surface area (Å²) in [5, 5.41) is 6.44. The quantitative estimate of drug-likeness (QED) is 0.692. The van der Waals surface area contributed by atoms with Gasteiger partial charge in [0.2, 0.25) is 5.91 Å². The largest absolute Gasteiger partial charge is 0.493 e. The van der Waals surface area contributed by atoms with E-state index in [1.54, 1.807) is 0 Å². The molecule has 1 saturated carbocycles. The maximum atomic E-state index is 14.5. The molecule has 0 aromatic heterocycles. The van der Waals surface area contributed by atoms with E-state index < -0.39 is 16.5 Å². The normalized spacial score (nSPS) is 23.8. The first-order valence-corrected chi connectivity index (χ1v) is 10.7. The highest BCUT2D eigenvalue weighted by atomic mass is 32.2. The second-order valence-electron chi connectivity index (χ2n) is 7.64. The number of hydrogen-bond acceptors (Lipinski definition) is 4. The van der Waals surface area contributed by atoms with Gasteiger partial charge in [-0.05, 0) is 37.1 Å². The Kier molecular flexibility index (Phi) is 4.57. The molecule has 150 valence electrons. The lowest BCUT2D eigenvalue weighted by atomic mass is 9.97. The number of hydrogen-bond donors (Lipinski definition) is 0. The molecule has 0 radical (unpaired) electrons. The average molecular weight is 414 g/mol. The van der Waals surface area contributed by atoms with Crippen molar-refractivity contribution in [3.63, 3.8) is 0 Å². The Labute approximate surface area is 171 Å². The summed E-state index contributed by atoms with van der Waals surface area (Å²) in [6.07, 6.45) is 4.26. The molecule has 1 unspecified atom stereocenters. The van der Waals surface area contributed by atoms with Crippen molar-refractivity contribution in [2.75, 3.05) is 6.61 Å². The summed E-state index contributed by atoms with van der Waals surface area (Å²) in [6.45, 7) is 0.424. The minimum atomic E-state index is -0.803. The molecule has 5 rings (SSSR count). The van der Waals surface area contributed by atoms with E-state index in [2.05, 4.69) is 5.10 Å². The Morgan fingerprint density at radius 1 is 1.17 bits per heavy atom. The summed E-state index contributed by atoms with van der Waals surface area (Å²) in [5.41, 5.74) is 0.929. The first-order chi connectivity index (χ1) is 14.1. The Morgan fingerprint density at radius 2 is 1.97 bits per heavy atom. The van der Waals surface area contributed by atoms with Crippen LogP contribution in [0, 0.1) is 17.6 Å². The van der Waals surface area contributed by atoms with E-state index >= 15 is 0 Å². The van der Waals surface area contributed by atoms with E-state index in [0.717, 1.165) is 49.4 Å². The third-order valence-corrected chi connectivity index (χ3v) is 7.31. The number of fused-ring (bicyclic) bond motifs is 2. The van der Waals surface area contributed by atoms with Gasteiger partial charge in [0.1, 0.15) is 27.3 Å². The summed E-state index contributed by atoms with van der Waals surface area (Å²) in [6, 6.07) is 10.9. The highest BCUT2D eigenvalue weighted by Gasteiger charge is 2.53. The number of para-hydroxylation sites is 1. The number of rotatable bonds is 2. The van der Waals surface area contributed by atoms with Gasteiger partial charge in [0.15, 0.2) is 0 Å². The molecule has 3 aliphatic rings. The molecule has 0 bridgehead atoms. The molecule has 1 fully saturated rings. The molecular weight excluding hydrogens is 394 g/mol. The van der Waals surface area contributed by atoms with Crippen LogP contribution in [-0.2, 0) is 9.67 Å². The van der Waals surface area contributed by atoms with Crippen molar-refractivity contribution in [3.8, 4) is 5.75 Å². The Balaban J connectivity index is 1.63. The second-order valence-corrected chi connectivity index (χ2v) is 8.91. The lowest BCUT2D eigenvalue weighted by Crippen LogP contribution is -2.46. The molecule has 1 atom stereocenters. The zero-order valence-corrected chi connectivity index (χ0v) is 16.6. The van der Waals surface area contributed by atoms with Crippen molar-refractivity contribution in [1.82, 2.24) is 5.01 Å². The van der Waals surface area contributed by atoms with E-state index in [-0.39, 0.29) is 17.4 Å². The summed E-state index contributed by atoms with van der Waals surface area (Å²) < 4.78 is 34.2. The number of hydrazone groups is 1. The van der Waals surface area contributed by atoms with Crippen LogP contribution in [0.1, 0.15) is 43.2 Å². The lowest BCUT2D eigenvalue weighted by molar-refractivity contribution is -0.139. The summed E-state index contributed by atoms with van der Waals surface area (Å²) >= 11 is 1.32. The smallest absolute Gasteiger partial charge is 0.247 e. The van der Waals surface area contributed by atoms with Crippen LogP contribution < -0.4 is 4.74 Å². The molecule has 4 nitrogen and oxygen atoms in total. The third kappa shape index (κ3) is 3.03. The fourth-order valence-electron chi connectivity index (χ4n) is 4.41. The van der Waals surface area contributed by atoms with E-state index in [4.69, 9.17) is 4.74 Å². The van der Waals surface area contributed by atoms with Crippen LogP contribution in [0.4, 0.5) is 8.78 Å². The van der Waals surface area contributed by atoms with Gasteiger partial charge in [-0.3, -0.25) is 4.79 Å². The minimum Gasteiger partial charge on any atom is -0.493 e. The predicted octanol–water partition coefficient (Wildman–Crippen LogP) is 5.03. The van der Waals surface area contributed by atoms with Crippen molar-refractivity contribution < 1.29 is 18.3 Å². The van der Waals surface area contributed by atoms with Gasteiger partial charge in [-0.2, -0.15) is 5.10 Å². The molecule has 7 heteroatoms. The molecule has 2 aliphatic heterocycles. The summed E-state index contributed by atoms with van der Waals surface area (Å²) in [5.74, 6) is -0.511. The monoisotopic (exact) mass is 414 g/mol. The van der Waals surface area contributed by atoms with Gasteiger partial charge < -0.3 is 4.74 Å². The van der Waals surface area contributed by atoms with Crippen molar-refractivity contribution in [2.24, 2.45) is 11.0 Å². The van der Waals surface area contributed by atoms with Gasteiger partial charge >= 0.3 is 0 Å². The summed E-state index contributed by atoms with van der Waals surface area (Å²) in [7, 11) is 0. The lowest BCUT2D eigenvalue weighted by Gasteiger charge is -2.40. The summed E-state index contributed by atoms with van der Waals surface area (Å²) in [4.78, 5) is 12.7. The van der Waals surface area contributed by atoms with Crippen molar-refractivity contribution in [2.45, 2.75) is 37.0 Å². The molecular formula is C22H20F2N2O2S. The van der Waals surface area contributed by atoms with Crippen LogP contribution in [0.25, 0.3) is 0 Å². The van der Waals surface area contributed by atoms with Crippen LogP contribution in [0.2, 0.25) is 0 Å². The zero-order chi connectivity index (χ0) is 20.0. The number of benzene rings is 2. The minimum absolute atomic E-state index is 0.0430. The van der Waals surface area contributed by atoms with Crippen LogP contribution in [-0.4, -0.2) is 22.6 Å². The van der Waals surface area contributed by atoms with E-state index in [1.165, 1.54) is 16.8 Å². The zero-order valence-electron chi connectivity index (χ0n) is 15.7. The average Bonchev–Trinajstić information content (AvgIpc) is 3.39. The fraction of sp³-hybridized carbons (Fsp3) is 0.364. The number of nitrogens with zero attached hydrogens (tertiary/aromatic N) is 2.